The van der Waals surface area contributed by atoms with Gasteiger partial charge in [-0.25, -0.2) is 4.98 Å². The van der Waals surface area contributed by atoms with Gasteiger partial charge >= 0.3 is 0 Å². The highest BCUT2D eigenvalue weighted by Crippen LogP contribution is 2.36. The number of benzene rings is 3. The molecule has 1 heterocycles. The van der Waals surface area contributed by atoms with Crippen LogP contribution in [0.5, 0.6) is 0 Å². The largest absolute Gasteiger partial charge is 0.368 e. The van der Waals surface area contributed by atoms with Crippen LogP contribution in [0.4, 0.5) is 0 Å². The number of carbonyl (C=O) groups is 1. The summed E-state index contributed by atoms with van der Waals surface area (Å²) in [6.07, 6.45) is 0. The molecule has 1 unspecified atom stereocenters. The summed E-state index contributed by atoms with van der Waals surface area (Å²) >= 11 is 7.30. The summed E-state index contributed by atoms with van der Waals surface area (Å²) in [6, 6.07) is 20.0. The first-order chi connectivity index (χ1) is 14.9. The molecule has 3 aromatic carbocycles. The molecule has 1 atom stereocenters. The Bertz CT molecular complexity index is 1350. The van der Waals surface area contributed by atoms with E-state index in [2.05, 4.69) is 0 Å². The van der Waals surface area contributed by atoms with Crippen LogP contribution in [0.2, 0.25) is 5.02 Å². The highest BCUT2D eigenvalue weighted by atomic mass is 35.5. The lowest BCUT2D eigenvalue weighted by molar-refractivity contribution is -0.117. The van der Waals surface area contributed by atoms with E-state index in [1.54, 1.807) is 22.8 Å². The molecule has 0 saturated carbocycles. The highest BCUT2D eigenvalue weighted by molar-refractivity contribution is 8.00. The van der Waals surface area contributed by atoms with Gasteiger partial charge in [0.2, 0.25) is 5.91 Å². The van der Waals surface area contributed by atoms with E-state index in [9.17, 15) is 9.59 Å². The maximum absolute atomic E-state index is 13.6. The average Bonchev–Trinajstić information content (AvgIpc) is 2.75. The second kappa shape index (κ2) is 8.57. The molecule has 4 aromatic rings. The zero-order valence-corrected chi connectivity index (χ0v) is 18.6. The lowest BCUT2D eigenvalue weighted by Gasteiger charge is -2.19. The Morgan fingerprint density at radius 3 is 2.52 bits per heavy atom. The summed E-state index contributed by atoms with van der Waals surface area (Å²) in [7, 11) is 0. The second-order valence-corrected chi connectivity index (χ2v) is 8.74. The van der Waals surface area contributed by atoms with Crippen molar-refractivity contribution in [2.75, 3.05) is 0 Å². The van der Waals surface area contributed by atoms with Gasteiger partial charge in [-0.15, -0.1) is 0 Å². The van der Waals surface area contributed by atoms with Crippen LogP contribution in [0, 0.1) is 13.8 Å². The lowest BCUT2D eigenvalue weighted by atomic mass is 10.1. The molecule has 0 bridgehead atoms. The van der Waals surface area contributed by atoms with Gasteiger partial charge in [-0.3, -0.25) is 14.2 Å². The Morgan fingerprint density at radius 2 is 1.81 bits per heavy atom. The SMILES string of the molecule is Cc1cccc(-n2c(SC(C(N)=O)c3ccccc3)nc3cc(Cl)ccc3c2=O)c1C. The van der Waals surface area contributed by atoms with E-state index < -0.39 is 11.2 Å². The molecule has 31 heavy (non-hydrogen) atoms. The van der Waals surface area contributed by atoms with Gasteiger partial charge in [-0.05, 0) is 54.8 Å². The number of amides is 1. The zero-order chi connectivity index (χ0) is 22.1. The van der Waals surface area contributed by atoms with E-state index in [1.165, 1.54) is 0 Å². The number of rotatable bonds is 5. The van der Waals surface area contributed by atoms with Crippen molar-refractivity contribution in [1.29, 1.82) is 0 Å². The van der Waals surface area contributed by atoms with Crippen LogP contribution in [0.1, 0.15) is 21.9 Å². The first-order valence-corrected chi connectivity index (χ1v) is 10.9. The minimum Gasteiger partial charge on any atom is -0.368 e. The summed E-state index contributed by atoms with van der Waals surface area (Å²) in [5.41, 5.74) is 9.44. The molecule has 0 spiro atoms. The smallest absolute Gasteiger partial charge is 0.266 e. The van der Waals surface area contributed by atoms with Gasteiger partial charge in [-0.1, -0.05) is 65.8 Å². The Hall–Kier alpha value is -3.09. The van der Waals surface area contributed by atoms with Crippen LogP contribution >= 0.6 is 23.4 Å². The van der Waals surface area contributed by atoms with Crippen molar-refractivity contribution in [2.24, 2.45) is 5.73 Å². The van der Waals surface area contributed by atoms with Crippen molar-refractivity contribution in [2.45, 2.75) is 24.3 Å². The normalized spacial score (nSPS) is 12.1. The summed E-state index contributed by atoms with van der Waals surface area (Å²) < 4.78 is 1.56. The summed E-state index contributed by atoms with van der Waals surface area (Å²) in [5.74, 6) is -0.510. The number of hydrogen-bond acceptors (Lipinski definition) is 4. The monoisotopic (exact) mass is 449 g/mol. The summed E-state index contributed by atoms with van der Waals surface area (Å²) in [4.78, 5) is 30.6. The van der Waals surface area contributed by atoms with Gasteiger partial charge in [0.15, 0.2) is 5.16 Å². The molecule has 5 nitrogen and oxygen atoms in total. The maximum atomic E-state index is 13.6. The number of nitrogens with two attached hydrogens (primary N) is 1. The number of carbonyl (C=O) groups excluding carboxylic acids is 1. The average molecular weight is 450 g/mol. The van der Waals surface area contributed by atoms with Crippen LogP contribution < -0.4 is 11.3 Å². The molecule has 1 amide bonds. The van der Waals surface area contributed by atoms with Gasteiger partial charge in [0.25, 0.3) is 5.56 Å². The molecule has 0 fully saturated rings. The minimum atomic E-state index is -0.707. The predicted molar refractivity (Wildman–Crippen MR) is 126 cm³/mol. The number of halogens is 1. The van der Waals surface area contributed by atoms with Crippen LogP contribution in [0.3, 0.4) is 0 Å². The number of aryl methyl sites for hydroxylation is 1. The summed E-state index contributed by atoms with van der Waals surface area (Å²) in [5, 5.41) is 0.599. The van der Waals surface area contributed by atoms with Gasteiger partial charge in [0.1, 0.15) is 5.25 Å². The molecule has 0 aliphatic heterocycles. The van der Waals surface area contributed by atoms with Crippen LogP contribution in [0.25, 0.3) is 16.6 Å². The molecular formula is C24H20ClN3O2S. The van der Waals surface area contributed by atoms with Crippen LogP contribution in [-0.4, -0.2) is 15.5 Å². The Morgan fingerprint density at radius 1 is 1.06 bits per heavy atom. The third kappa shape index (κ3) is 4.09. The third-order valence-corrected chi connectivity index (χ3v) is 6.66. The second-order valence-electron chi connectivity index (χ2n) is 7.23. The molecule has 0 saturated heterocycles. The molecule has 1 aromatic heterocycles. The lowest BCUT2D eigenvalue weighted by Crippen LogP contribution is -2.25. The van der Waals surface area contributed by atoms with Gasteiger partial charge in [0, 0.05) is 5.02 Å². The number of nitrogens with zero attached hydrogens (tertiary/aromatic N) is 2. The van der Waals surface area contributed by atoms with Gasteiger partial charge in [0.05, 0.1) is 16.6 Å². The number of primary amides is 1. The predicted octanol–water partition coefficient (Wildman–Crippen LogP) is 4.97. The fourth-order valence-electron chi connectivity index (χ4n) is 3.43. The van der Waals surface area contributed by atoms with E-state index in [0.29, 0.717) is 26.8 Å². The van der Waals surface area contributed by atoms with E-state index in [1.807, 2.05) is 62.4 Å². The van der Waals surface area contributed by atoms with Crippen molar-refractivity contribution in [3.8, 4) is 5.69 Å². The maximum Gasteiger partial charge on any atom is 0.266 e. The Labute approximate surface area is 188 Å². The molecule has 0 radical (unpaired) electrons. The van der Waals surface area contributed by atoms with Crippen molar-refractivity contribution in [3.05, 3.63) is 98.8 Å². The third-order valence-electron chi connectivity index (χ3n) is 5.20. The Balaban J connectivity index is 1.99. The molecular weight excluding hydrogens is 430 g/mol. The van der Waals surface area contributed by atoms with E-state index in [4.69, 9.17) is 22.3 Å². The van der Waals surface area contributed by atoms with Crippen molar-refractivity contribution in [1.82, 2.24) is 9.55 Å². The van der Waals surface area contributed by atoms with E-state index in [0.717, 1.165) is 28.5 Å². The molecule has 4 rings (SSSR count). The first-order valence-electron chi connectivity index (χ1n) is 9.66. The topological polar surface area (TPSA) is 78.0 Å². The number of hydrogen-bond donors (Lipinski definition) is 1. The first kappa shape index (κ1) is 21.2. The number of aromatic nitrogens is 2. The van der Waals surface area contributed by atoms with Crippen LogP contribution in [-0.2, 0) is 4.79 Å². The van der Waals surface area contributed by atoms with E-state index >= 15 is 0 Å². The molecule has 0 aliphatic carbocycles. The number of fused-ring (bicyclic) bond motifs is 1. The zero-order valence-electron chi connectivity index (χ0n) is 17.0. The van der Waals surface area contributed by atoms with Gasteiger partial charge < -0.3 is 5.73 Å². The molecule has 2 N–H and O–H groups in total. The van der Waals surface area contributed by atoms with Crippen molar-refractivity contribution in [3.63, 3.8) is 0 Å². The molecule has 0 aliphatic rings. The fraction of sp³-hybridized carbons (Fsp3) is 0.125. The number of thioether (sulfide) groups is 1. The standard InChI is InChI=1S/C24H20ClN3O2S/c1-14-7-6-10-20(15(14)2)28-23(30)18-12-11-17(25)13-19(18)27-24(28)31-21(22(26)29)16-8-4-3-5-9-16/h3-13,21H,1-2H3,(H2,26,29). The fourth-order valence-corrected chi connectivity index (χ4v) is 4.66. The summed E-state index contributed by atoms with van der Waals surface area (Å²) in [6.45, 7) is 3.95. The highest BCUT2D eigenvalue weighted by Gasteiger charge is 2.24. The Kier molecular flexibility index (Phi) is 5.85. The minimum absolute atomic E-state index is 0.228. The molecule has 7 heteroatoms. The van der Waals surface area contributed by atoms with Crippen molar-refractivity contribution < 1.29 is 4.79 Å². The van der Waals surface area contributed by atoms with Crippen molar-refractivity contribution >= 4 is 40.2 Å². The molecule has 156 valence electrons. The van der Waals surface area contributed by atoms with Crippen LogP contribution in [0.15, 0.2) is 76.7 Å². The van der Waals surface area contributed by atoms with Gasteiger partial charge in [-0.2, -0.15) is 0 Å². The quantitative estimate of drug-likeness (QED) is 0.344. The van der Waals surface area contributed by atoms with E-state index in [-0.39, 0.29) is 5.56 Å².